The van der Waals surface area contributed by atoms with Gasteiger partial charge in [-0.3, -0.25) is 4.79 Å². The second-order valence-corrected chi connectivity index (χ2v) is 3.88. The fraction of sp³-hybridized carbons (Fsp3) is 0.875. The topological polar surface area (TPSA) is 69.6 Å². The summed E-state index contributed by atoms with van der Waals surface area (Å²) in [6.45, 7) is 0.860. The van der Waals surface area contributed by atoms with Crippen LogP contribution in [0.1, 0.15) is 19.3 Å². The third-order valence-electron chi connectivity index (χ3n) is 3.34. The number of hydrogen-bond donors (Lipinski definition) is 3. The van der Waals surface area contributed by atoms with Crippen LogP contribution in [0.15, 0.2) is 0 Å². The third kappa shape index (κ3) is 0.716. The predicted octanol–water partition coefficient (Wildman–Crippen LogP) is -0.424. The van der Waals surface area contributed by atoms with Gasteiger partial charge in [0, 0.05) is 13.1 Å². The lowest BCUT2D eigenvalue weighted by molar-refractivity contribution is -0.194. The molecule has 0 amide bonds. The van der Waals surface area contributed by atoms with Crippen molar-refractivity contribution in [1.29, 1.82) is 0 Å². The minimum atomic E-state index is -0.975. The molecule has 3 N–H and O–H groups in total. The normalized spacial score (nSPS) is 30.1. The van der Waals surface area contributed by atoms with Gasteiger partial charge in [0.2, 0.25) is 0 Å². The maximum atomic E-state index is 11.0. The van der Waals surface area contributed by atoms with Crippen LogP contribution in [-0.4, -0.2) is 34.9 Å². The van der Waals surface area contributed by atoms with E-state index in [-0.39, 0.29) is 0 Å². The summed E-state index contributed by atoms with van der Waals surface area (Å²) in [5, 5.41) is 21.8. The highest BCUT2D eigenvalue weighted by atomic mass is 16.4. The Morgan fingerprint density at radius 2 is 1.92 bits per heavy atom. The van der Waals surface area contributed by atoms with E-state index in [9.17, 15) is 9.90 Å². The van der Waals surface area contributed by atoms with Gasteiger partial charge in [0.05, 0.1) is 5.41 Å². The molecule has 0 unspecified atom stereocenters. The molecule has 4 nitrogen and oxygen atoms in total. The van der Waals surface area contributed by atoms with Gasteiger partial charge >= 0.3 is 5.97 Å². The fourth-order valence-electron chi connectivity index (χ4n) is 2.11. The number of aliphatic carboxylic acids is 1. The second kappa shape index (κ2) is 2.20. The summed E-state index contributed by atoms with van der Waals surface area (Å²) in [4.78, 5) is 11.0. The molecule has 1 heterocycles. The lowest BCUT2D eigenvalue weighted by Gasteiger charge is -2.54. The van der Waals surface area contributed by atoms with Crippen molar-refractivity contribution in [2.45, 2.75) is 24.9 Å². The van der Waals surface area contributed by atoms with Gasteiger partial charge in [0.1, 0.15) is 5.60 Å². The summed E-state index contributed by atoms with van der Waals surface area (Å²) < 4.78 is 0. The van der Waals surface area contributed by atoms with Gasteiger partial charge in [-0.25, -0.2) is 0 Å². The van der Waals surface area contributed by atoms with Gasteiger partial charge in [-0.1, -0.05) is 6.42 Å². The average Bonchev–Trinajstić information content (AvgIpc) is 1.80. The SMILES string of the molecule is O=C(O)C1(C2(O)CNC2)CCC1. The molecular weight excluding hydrogens is 158 g/mol. The number of hydrogen-bond acceptors (Lipinski definition) is 3. The van der Waals surface area contributed by atoms with Crippen molar-refractivity contribution < 1.29 is 15.0 Å². The van der Waals surface area contributed by atoms with Crippen LogP contribution in [0.5, 0.6) is 0 Å². The van der Waals surface area contributed by atoms with Crippen molar-refractivity contribution in [2.24, 2.45) is 5.41 Å². The van der Waals surface area contributed by atoms with Crippen molar-refractivity contribution in [3.8, 4) is 0 Å². The first-order valence-electron chi connectivity index (χ1n) is 4.27. The maximum Gasteiger partial charge on any atom is 0.312 e. The smallest absolute Gasteiger partial charge is 0.312 e. The highest BCUT2D eigenvalue weighted by molar-refractivity contribution is 5.78. The number of carbonyl (C=O) groups is 1. The van der Waals surface area contributed by atoms with E-state index in [1.807, 2.05) is 0 Å². The molecule has 0 aromatic rings. The summed E-state index contributed by atoms with van der Waals surface area (Å²) in [6, 6.07) is 0. The summed E-state index contributed by atoms with van der Waals surface area (Å²) >= 11 is 0. The van der Waals surface area contributed by atoms with Gasteiger partial charge in [0.15, 0.2) is 0 Å². The van der Waals surface area contributed by atoms with Gasteiger partial charge in [0.25, 0.3) is 0 Å². The molecule has 2 fully saturated rings. The molecule has 0 bridgehead atoms. The molecule has 68 valence electrons. The number of carboxylic acids is 1. The Bertz CT molecular complexity index is 218. The Hall–Kier alpha value is -0.610. The van der Waals surface area contributed by atoms with Crippen LogP contribution in [0, 0.1) is 5.41 Å². The number of rotatable bonds is 2. The molecule has 0 radical (unpaired) electrons. The molecular formula is C8H13NO3. The molecule has 0 spiro atoms. The standard InChI is InChI=1S/C8H13NO3/c10-6(11)7(2-1-3-7)8(12)4-9-5-8/h9,12H,1-5H2,(H,10,11). The van der Waals surface area contributed by atoms with Crippen LogP contribution in [0.2, 0.25) is 0 Å². The van der Waals surface area contributed by atoms with E-state index in [4.69, 9.17) is 5.11 Å². The molecule has 0 atom stereocenters. The molecule has 12 heavy (non-hydrogen) atoms. The molecule has 1 aliphatic carbocycles. The van der Waals surface area contributed by atoms with Crippen molar-refractivity contribution >= 4 is 5.97 Å². The molecule has 4 heteroatoms. The van der Waals surface area contributed by atoms with E-state index >= 15 is 0 Å². The lowest BCUT2D eigenvalue weighted by Crippen LogP contribution is -2.72. The van der Waals surface area contributed by atoms with Gasteiger partial charge in [-0.2, -0.15) is 0 Å². The quantitative estimate of drug-likeness (QED) is 0.527. The van der Waals surface area contributed by atoms with Crippen LogP contribution in [0.4, 0.5) is 0 Å². The minimum Gasteiger partial charge on any atom is -0.481 e. The van der Waals surface area contributed by atoms with Crippen LogP contribution >= 0.6 is 0 Å². The van der Waals surface area contributed by atoms with Crippen LogP contribution in [0.3, 0.4) is 0 Å². The summed E-state index contributed by atoms with van der Waals surface area (Å²) in [7, 11) is 0. The number of carboxylic acid groups (broad SMARTS) is 1. The number of β-amino-alcohol motifs (C(OH)–C–C–N with tert-alkyl or cyclic N) is 1. The molecule has 0 aromatic heterocycles. The Labute approximate surface area is 70.6 Å². The Morgan fingerprint density at radius 1 is 1.33 bits per heavy atom. The molecule has 0 aromatic carbocycles. The number of aliphatic hydroxyl groups is 1. The molecule has 2 aliphatic rings. The minimum absolute atomic E-state index is 0.430. The summed E-state index contributed by atoms with van der Waals surface area (Å²) in [6.07, 6.45) is 2.18. The van der Waals surface area contributed by atoms with Gasteiger partial charge < -0.3 is 15.5 Å². The summed E-state index contributed by atoms with van der Waals surface area (Å²) in [5.41, 5.74) is -1.81. The maximum absolute atomic E-state index is 11.0. The van der Waals surface area contributed by atoms with Crippen molar-refractivity contribution in [3.63, 3.8) is 0 Å². The van der Waals surface area contributed by atoms with Crippen molar-refractivity contribution in [2.75, 3.05) is 13.1 Å². The molecule has 1 aliphatic heterocycles. The molecule has 2 rings (SSSR count). The summed E-state index contributed by atoms with van der Waals surface area (Å²) in [5.74, 6) is -0.835. The zero-order valence-electron chi connectivity index (χ0n) is 6.84. The van der Waals surface area contributed by atoms with Gasteiger partial charge in [-0.15, -0.1) is 0 Å². The first-order valence-corrected chi connectivity index (χ1v) is 4.27. The Balaban J connectivity index is 2.21. The van der Waals surface area contributed by atoms with E-state index in [2.05, 4.69) is 5.32 Å². The average molecular weight is 171 g/mol. The number of nitrogens with one attached hydrogen (secondary N) is 1. The largest absolute Gasteiger partial charge is 0.481 e. The predicted molar refractivity (Wildman–Crippen MR) is 41.7 cm³/mol. The van der Waals surface area contributed by atoms with Crippen LogP contribution in [0.25, 0.3) is 0 Å². The van der Waals surface area contributed by atoms with E-state index in [0.29, 0.717) is 25.9 Å². The third-order valence-corrected chi connectivity index (χ3v) is 3.34. The Kier molecular flexibility index (Phi) is 1.47. The fourth-order valence-corrected chi connectivity index (χ4v) is 2.11. The molecule has 1 saturated heterocycles. The second-order valence-electron chi connectivity index (χ2n) is 3.88. The monoisotopic (exact) mass is 171 g/mol. The Morgan fingerprint density at radius 3 is 2.00 bits per heavy atom. The van der Waals surface area contributed by atoms with E-state index in [1.165, 1.54) is 0 Å². The van der Waals surface area contributed by atoms with E-state index < -0.39 is 17.0 Å². The first-order chi connectivity index (χ1) is 5.61. The van der Waals surface area contributed by atoms with Crippen LogP contribution in [-0.2, 0) is 4.79 Å². The zero-order chi connectivity index (χ0) is 8.82. The lowest BCUT2D eigenvalue weighted by atomic mass is 9.56. The first kappa shape index (κ1) is 8.01. The van der Waals surface area contributed by atoms with E-state index in [0.717, 1.165) is 6.42 Å². The highest BCUT2D eigenvalue weighted by Gasteiger charge is 2.61. The van der Waals surface area contributed by atoms with E-state index in [1.54, 1.807) is 0 Å². The highest BCUT2D eigenvalue weighted by Crippen LogP contribution is 2.50. The molecule has 1 saturated carbocycles. The van der Waals surface area contributed by atoms with Crippen LogP contribution < -0.4 is 5.32 Å². The van der Waals surface area contributed by atoms with Gasteiger partial charge in [-0.05, 0) is 12.8 Å². The van der Waals surface area contributed by atoms with Crippen molar-refractivity contribution in [1.82, 2.24) is 5.32 Å². The zero-order valence-corrected chi connectivity index (χ0v) is 6.84. The van der Waals surface area contributed by atoms with Crippen molar-refractivity contribution in [3.05, 3.63) is 0 Å².